The molecule has 1 aliphatic heterocycles. The van der Waals surface area contributed by atoms with E-state index in [-0.39, 0.29) is 30.4 Å². The van der Waals surface area contributed by atoms with Crippen LogP contribution < -0.4 is 5.32 Å². The van der Waals surface area contributed by atoms with Gasteiger partial charge in [-0.1, -0.05) is 23.7 Å². The number of piperidine rings is 1. The van der Waals surface area contributed by atoms with Crippen molar-refractivity contribution in [1.29, 1.82) is 0 Å². The van der Waals surface area contributed by atoms with E-state index in [1.54, 1.807) is 48.5 Å². The Morgan fingerprint density at radius 1 is 0.893 bits per heavy atom. The van der Waals surface area contributed by atoms with Crippen molar-refractivity contribution in [1.82, 2.24) is 4.90 Å². The van der Waals surface area contributed by atoms with Crippen LogP contribution >= 0.6 is 11.6 Å². The lowest BCUT2D eigenvalue weighted by molar-refractivity contribution is -0.116. The third-order valence-corrected chi connectivity index (χ3v) is 5.07. The Balaban J connectivity index is 1.60. The van der Waals surface area contributed by atoms with Gasteiger partial charge >= 0.3 is 0 Å². The Morgan fingerprint density at radius 3 is 2.29 bits per heavy atom. The number of Topliss-reactive ketones (excluding diaryl/α,β-unsaturated/α-hetero) is 1. The zero-order chi connectivity index (χ0) is 19.9. The van der Waals surface area contributed by atoms with E-state index in [1.807, 2.05) is 4.90 Å². The number of carbonyl (C=O) groups is 3. The lowest BCUT2D eigenvalue weighted by Gasteiger charge is -2.27. The van der Waals surface area contributed by atoms with Crippen LogP contribution in [0.5, 0.6) is 0 Å². The zero-order valence-corrected chi connectivity index (χ0v) is 16.4. The summed E-state index contributed by atoms with van der Waals surface area (Å²) in [5.74, 6) is -0.474. The Bertz CT molecular complexity index is 858. The smallest absolute Gasteiger partial charge is 0.255 e. The summed E-state index contributed by atoms with van der Waals surface area (Å²) in [6.45, 7) is 1.49. The molecule has 3 rings (SSSR count). The summed E-state index contributed by atoms with van der Waals surface area (Å²) in [5, 5.41) is 3.35. The number of anilines is 1. The number of hydrogen-bond donors (Lipinski definition) is 1. The second kappa shape index (κ2) is 9.51. The van der Waals surface area contributed by atoms with Crippen molar-refractivity contribution in [2.75, 3.05) is 18.4 Å². The first kappa shape index (κ1) is 20.1. The number of halogens is 1. The van der Waals surface area contributed by atoms with E-state index < -0.39 is 0 Å². The summed E-state index contributed by atoms with van der Waals surface area (Å²) in [6, 6.07) is 13.6. The highest BCUT2D eigenvalue weighted by molar-refractivity contribution is 6.30. The molecule has 0 atom stereocenters. The maximum absolute atomic E-state index is 12.8. The summed E-state index contributed by atoms with van der Waals surface area (Å²) in [7, 11) is 0. The Hall–Kier alpha value is -2.66. The van der Waals surface area contributed by atoms with Crippen LogP contribution in [-0.2, 0) is 4.79 Å². The molecule has 1 saturated heterocycles. The monoisotopic (exact) mass is 398 g/mol. The van der Waals surface area contributed by atoms with Gasteiger partial charge in [0.2, 0.25) is 5.91 Å². The van der Waals surface area contributed by atoms with Crippen LogP contribution in [-0.4, -0.2) is 35.6 Å². The standard InChI is InChI=1S/C22H23ClN2O3/c23-17-10-8-16(9-11-17)20(26)12-13-21(27)24-19-7-3-2-6-18(19)22(28)25-14-4-1-5-15-25/h2-3,6-11H,1,4-5,12-15H2,(H,24,27). The van der Waals surface area contributed by atoms with Gasteiger partial charge < -0.3 is 10.2 Å². The first-order valence-electron chi connectivity index (χ1n) is 9.51. The van der Waals surface area contributed by atoms with E-state index in [9.17, 15) is 14.4 Å². The molecule has 1 fully saturated rings. The number of nitrogens with zero attached hydrogens (tertiary/aromatic N) is 1. The normalized spacial score (nSPS) is 13.8. The average Bonchev–Trinajstić information content (AvgIpc) is 2.73. The minimum absolute atomic E-state index is 0.0493. The summed E-state index contributed by atoms with van der Waals surface area (Å²) < 4.78 is 0. The highest BCUT2D eigenvalue weighted by Gasteiger charge is 2.21. The fraction of sp³-hybridized carbons (Fsp3) is 0.318. The molecular formula is C22H23ClN2O3. The van der Waals surface area contributed by atoms with Crippen LogP contribution in [0, 0.1) is 0 Å². The average molecular weight is 399 g/mol. The minimum Gasteiger partial charge on any atom is -0.339 e. The molecule has 6 heteroatoms. The summed E-state index contributed by atoms with van der Waals surface area (Å²) in [6.07, 6.45) is 3.30. The van der Waals surface area contributed by atoms with Crippen molar-refractivity contribution >= 4 is 34.9 Å². The van der Waals surface area contributed by atoms with Gasteiger partial charge in [-0.25, -0.2) is 0 Å². The minimum atomic E-state index is -0.291. The van der Waals surface area contributed by atoms with Crippen molar-refractivity contribution in [2.45, 2.75) is 32.1 Å². The van der Waals surface area contributed by atoms with Crippen molar-refractivity contribution in [3.05, 3.63) is 64.7 Å². The fourth-order valence-electron chi connectivity index (χ4n) is 3.27. The predicted molar refractivity (Wildman–Crippen MR) is 110 cm³/mol. The van der Waals surface area contributed by atoms with Gasteiger partial charge in [-0.15, -0.1) is 0 Å². The van der Waals surface area contributed by atoms with Crippen LogP contribution in [0.1, 0.15) is 52.8 Å². The second-order valence-electron chi connectivity index (χ2n) is 6.88. The zero-order valence-electron chi connectivity index (χ0n) is 15.6. The number of ketones is 1. The molecule has 0 spiro atoms. The quantitative estimate of drug-likeness (QED) is 0.725. The Morgan fingerprint density at radius 2 is 1.57 bits per heavy atom. The molecule has 2 amide bonds. The molecule has 0 bridgehead atoms. The topological polar surface area (TPSA) is 66.5 Å². The number of amides is 2. The molecule has 28 heavy (non-hydrogen) atoms. The van der Waals surface area contributed by atoms with Crippen molar-refractivity contribution in [2.24, 2.45) is 0 Å². The lowest BCUT2D eigenvalue weighted by Crippen LogP contribution is -2.36. The van der Waals surface area contributed by atoms with E-state index in [0.29, 0.717) is 21.8 Å². The molecule has 146 valence electrons. The van der Waals surface area contributed by atoms with E-state index >= 15 is 0 Å². The van der Waals surface area contributed by atoms with Gasteiger partial charge in [-0.05, 0) is 55.7 Å². The van der Waals surface area contributed by atoms with Gasteiger partial charge in [-0.3, -0.25) is 14.4 Å². The Kier molecular flexibility index (Phi) is 6.82. The Labute approximate surface area is 169 Å². The number of hydrogen-bond acceptors (Lipinski definition) is 3. The molecule has 0 saturated carbocycles. The van der Waals surface area contributed by atoms with E-state index in [1.165, 1.54) is 0 Å². The molecule has 1 aliphatic rings. The van der Waals surface area contributed by atoms with E-state index in [2.05, 4.69) is 5.32 Å². The van der Waals surface area contributed by atoms with Gasteiger partial charge in [0, 0.05) is 36.5 Å². The number of carbonyl (C=O) groups excluding carboxylic acids is 3. The molecule has 0 unspecified atom stereocenters. The van der Waals surface area contributed by atoms with Crippen LogP contribution in [0.4, 0.5) is 5.69 Å². The van der Waals surface area contributed by atoms with E-state index in [4.69, 9.17) is 11.6 Å². The largest absolute Gasteiger partial charge is 0.339 e. The van der Waals surface area contributed by atoms with Crippen LogP contribution in [0.3, 0.4) is 0 Å². The number of rotatable bonds is 6. The van der Waals surface area contributed by atoms with Gasteiger partial charge in [0.05, 0.1) is 11.3 Å². The molecule has 0 aliphatic carbocycles. The number of likely N-dealkylation sites (tertiary alicyclic amines) is 1. The molecule has 0 radical (unpaired) electrons. The SMILES string of the molecule is O=C(CCC(=O)c1ccc(Cl)cc1)Nc1ccccc1C(=O)N1CCCCC1. The third kappa shape index (κ3) is 5.20. The van der Waals surface area contributed by atoms with Gasteiger partial charge in [-0.2, -0.15) is 0 Å². The van der Waals surface area contributed by atoms with Crippen molar-refractivity contribution in [3.8, 4) is 0 Å². The van der Waals surface area contributed by atoms with Gasteiger partial charge in [0.1, 0.15) is 0 Å². The molecule has 1 N–H and O–H groups in total. The van der Waals surface area contributed by atoms with Crippen molar-refractivity contribution < 1.29 is 14.4 Å². The summed E-state index contributed by atoms with van der Waals surface area (Å²) >= 11 is 5.82. The summed E-state index contributed by atoms with van der Waals surface area (Å²) in [5.41, 5.74) is 1.50. The second-order valence-corrected chi connectivity index (χ2v) is 7.31. The lowest BCUT2D eigenvalue weighted by atomic mass is 10.1. The van der Waals surface area contributed by atoms with Crippen molar-refractivity contribution in [3.63, 3.8) is 0 Å². The predicted octanol–water partition coefficient (Wildman–Crippen LogP) is 4.57. The first-order valence-corrected chi connectivity index (χ1v) is 9.89. The van der Waals surface area contributed by atoms with E-state index in [0.717, 1.165) is 32.4 Å². The van der Waals surface area contributed by atoms with Crippen LogP contribution in [0.25, 0.3) is 0 Å². The number of benzene rings is 2. The summed E-state index contributed by atoms with van der Waals surface area (Å²) in [4.78, 5) is 39.2. The molecule has 5 nitrogen and oxygen atoms in total. The highest BCUT2D eigenvalue weighted by Crippen LogP contribution is 2.20. The molecule has 2 aromatic carbocycles. The fourth-order valence-corrected chi connectivity index (χ4v) is 3.39. The maximum atomic E-state index is 12.8. The molecule has 0 aromatic heterocycles. The van der Waals surface area contributed by atoms with Crippen LogP contribution in [0.15, 0.2) is 48.5 Å². The molecular weight excluding hydrogens is 376 g/mol. The van der Waals surface area contributed by atoms with Gasteiger partial charge in [0.15, 0.2) is 5.78 Å². The molecule has 1 heterocycles. The molecule has 2 aromatic rings. The highest BCUT2D eigenvalue weighted by atomic mass is 35.5. The van der Waals surface area contributed by atoms with Gasteiger partial charge in [0.25, 0.3) is 5.91 Å². The first-order chi connectivity index (χ1) is 13.5. The number of nitrogens with one attached hydrogen (secondary N) is 1. The number of para-hydroxylation sites is 1. The van der Waals surface area contributed by atoms with Crippen LogP contribution in [0.2, 0.25) is 5.02 Å². The maximum Gasteiger partial charge on any atom is 0.255 e. The third-order valence-electron chi connectivity index (χ3n) is 4.82.